The number of amides is 2. The minimum atomic E-state index is -0.597. The Labute approximate surface area is 164 Å². The third-order valence-corrected chi connectivity index (χ3v) is 4.79. The highest BCUT2D eigenvalue weighted by Crippen LogP contribution is 2.24. The molecule has 2 rings (SSSR count). The van der Waals surface area contributed by atoms with Crippen molar-refractivity contribution in [3.63, 3.8) is 0 Å². The van der Waals surface area contributed by atoms with E-state index < -0.39 is 6.04 Å². The zero-order chi connectivity index (χ0) is 19.1. The zero-order valence-electron chi connectivity index (χ0n) is 14.8. The SMILES string of the molecule is CCNC(=O)[C@@H](C)N(Cc1ccc(Cl)c(Cl)c1)C(=O)Cc1ccccc1. The Morgan fingerprint density at radius 1 is 1.04 bits per heavy atom. The van der Waals surface area contributed by atoms with Crippen molar-refractivity contribution in [1.82, 2.24) is 10.2 Å². The molecule has 2 aromatic rings. The summed E-state index contributed by atoms with van der Waals surface area (Å²) in [6, 6.07) is 14.1. The molecule has 0 saturated carbocycles. The van der Waals surface area contributed by atoms with Crippen molar-refractivity contribution in [1.29, 1.82) is 0 Å². The number of nitrogens with one attached hydrogen (secondary N) is 1. The van der Waals surface area contributed by atoms with Gasteiger partial charge in [0.2, 0.25) is 11.8 Å². The van der Waals surface area contributed by atoms with Crippen molar-refractivity contribution in [3.8, 4) is 0 Å². The van der Waals surface area contributed by atoms with E-state index in [-0.39, 0.29) is 24.8 Å². The topological polar surface area (TPSA) is 49.4 Å². The Morgan fingerprint density at radius 2 is 1.73 bits per heavy atom. The molecule has 2 aromatic carbocycles. The van der Waals surface area contributed by atoms with E-state index in [9.17, 15) is 9.59 Å². The Bertz CT molecular complexity index is 766. The number of likely N-dealkylation sites (N-methyl/N-ethyl adjacent to an activating group) is 1. The third kappa shape index (κ3) is 5.48. The Hall–Kier alpha value is -2.04. The molecule has 0 heterocycles. The van der Waals surface area contributed by atoms with Gasteiger partial charge in [0.1, 0.15) is 6.04 Å². The fraction of sp³-hybridized carbons (Fsp3) is 0.300. The van der Waals surface area contributed by atoms with Crippen molar-refractivity contribution in [2.24, 2.45) is 0 Å². The van der Waals surface area contributed by atoms with Gasteiger partial charge >= 0.3 is 0 Å². The largest absolute Gasteiger partial charge is 0.355 e. The summed E-state index contributed by atoms with van der Waals surface area (Å²) in [7, 11) is 0. The minimum absolute atomic E-state index is 0.124. The average Bonchev–Trinajstić information content (AvgIpc) is 2.63. The maximum absolute atomic E-state index is 12.9. The van der Waals surface area contributed by atoms with Crippen LogP contribution in [-0.2, 0) is 22.6 Å². The van der Waals surface area contributed by atoms with E-state index in [1.807, 2.05) is 37.3 Å². The van der Waals surface area contributed by atoms with Crippen molar-refractivity contribution in [2.45, 2.75) is 32.9 Å². The molecule has 2 amide bonds. The monoisotopic (exact) mass is 392 g/mol. The Kier molecular flexibility index (Phi) is 7.49. The van der Waals surface area contributed by atoms with Crippen LogP contribution in [0.15, 0.2) is 48.5 Å². The highest BCUT2D eigenvalue weighted by Gasteiger charge is 2.26. The molecule has 0 aliphatic heterocycles. The van der Waals surface area contributed by atoms with E-state index in [4.69, 9.17) is 23.2 Å². The van der Waals surface area contributed by atoms with Crippen molar-refractivity contribution in [3.05, 3.63) is 69.7 Å². The smallest absolute Gasteiger partial charge is 0.242 e. The quantitative estimate of drug-likeness (QED) is 0.771. The molecule has 0 radical (unpaired) electrons. The van der Waals surface area contributed by atoms with Gasteiger partial charge in [0.25, 0.3) is 0 Å². The molecule has 0 bridgehead atoms. The molecule has 0 unspecified atom stereocenters. The van der Waals surface area contributed by atoms with E-state index in [0.29, 0.717) is 16.6 Å². The maximum Gasteiger partial charge on any atom is 0.242 e. The van der Waals surface area contributed by atoms with Gasteiger partial charge in [-0.05, 0) is 37.1 Å². The number of rotatable bonds is 7. The fourth-order valence-electron chi connectivity index (χ4n) is 2.61. The molecule has 1 atom stereocenters. The molecule has 6 heteroatoms. The second-order valence-corrected chi connectivity index (χ2v) is 6.82. The predicted molar refractivity (Wildman–Crippen MR) is 105 cm³/mol. The second kappa shape index (κ2) is 9.60. The van der Waals surface area contributed by atoms with Crippen LogP contribution in [0.3, 0.4) is 0 Å². The third-order valence-electron chi connectivity index (χ3n) is 4.05. The number of carbonyl (C=O) groups excluding carboxylic acids is 2. The van der Waals surface area contributed by atoms with Crippen LogP contribution >= 0.6 is 23.2 Å². The maximum atomic E-state index is 12.9. The normalized spacial score (nSPS) is 11.7. The molecule has 0 fully saturated rings. The van der Waals surface area contributed by atoms with Crippen LogP contribution in [0.5, 0.6) is 0 Å². The van der Waals surface area contributed by atoms with Crippen molar-refractivity contribution < 1.29 is 9.59 Å². The number of hydrogen-bond donors (Lipinski definition) is 1. The van der Waals surface area contributed by atoms with Crippen LogP contribution < -0.4 is 5.32 Å². The molecule has 26 heavy (non-hydrogen) atoms. The van der Waals surface area contributed by atoms with Gasteiger partial charge in [-0.3, -0.25) is 9.59 Å². The van der Waals surface area contributed by atoms with Crippen LogP contribution in [0.1, 0.15) is 25.0 Å². The molecule has 138 valence electrons. The molecule has 0 aliphatic rings. The highest BCUT2D eigenvalue weighted by atomic mass is 35.5. The van der Waals surface area contributed by atoms with Gasteiger partial charge in [-0.1, -0.05) is 59.6 Å². The Morgan fingerprint density at radius 3 is 2.35 bits per heavy atom. The van der Waals surface area contributed by atoms with E-state index in [1.54, 1.807) is 30.0 Å². The van der Waals surface area contributed by atoms with Gasteiger partial charge in [0.05, 0.1) is 16.5 Å². The van der Waals surface area contributed by atoms with E-state index >= 15 is 0 Å². The summed E-state index contributed by atoms with van der Waals surface area (Å²) in [6.07, 6.45) is 0.228. The molecule has 0 aliphatic carbocycles. The van der Waals surface area contributed by atoms with Crippen LogP contribution in [0, 0.1) is 0 Å². The van der Waals surface area contributed by atoms with Crippen LogP contribution in [-0.4, -0.2) is 29.3 Å². The molecular formula is C20H22Cl2N2O2. The standard InChI is InChI=1S/C20H22Cl2N2O2/c1-3-23-20(26)14(2)24(13-16-9-10-17(21)18(22)11-16)19(25)12-15-7-5-4-6-8-15/h4-11,14H,3,12-13H2,1-2H3,(H,23,26)/t14-/m1/s1. The number of nitrogens with zero attached hydrogens (tertiary/aromatic N) is 1. The summed E-state index contributed by atoms with van der Waals surface area (Å²) in [5.41, 5.74) is 1.72. The van der Waals surface area contributed by atoms with Gasteiger partial charge in [0, 0.05) is 13.1 Å². The average molecular weight is 393 g/mol. The first kappa shape index (κ1) is 20.3. The summed E-state index contributed by atoms with van der Waals surface area (Å²) >= 11 is 12.0. The lowest BCUT2D eigenvalue weighted by Crippen LogP contribution is -2.48. The molecule has 0 aromatic heterocycles. The van der Waals surface area contributed by atoms with Crippen LogP contribution in [0.4, 0.5) is 0 Å². The summed E-state index contributed by atoms with van der Waals surface area (Å²) in [4.78, 5) is 26.8. The first-order chi connectivity index (χ1) is 12.4. The van der Waals surface area contributed by atoms with Gasteiger partial charge in [0.15, 0.2) is 0 Å². The summed E-state index contributed by atoms with van der Waals surface area (Å²) in [5.74, 6) is -0.310. The lowest BCUT2D eigenvalue weighted by Gasteiger charge is -2.29. The number of carbonyl (C=O) groups is 2. The summed E-state index contributed by atoms with van der Waals surface area (Å²) in [5, 5.41) is 3.65. The number of hydrogen-bond acceptors (Lipinski definition) is 2. The molecular weight excluding hydrogens is 371 g/mol. The van der Waals surface area contributed by atoms with Crippen LogP contribution in [0.2, 0.25) is 10.0 Å². The van der Waals surface area contributed by atoms with Gasteiger partial charge < -0.3 is 10.2 Å². The van der Waals surface area contributed by atoms with E-state index in [0.717, 1.165) is 11.1 Å². The summed E-state index contributed by atoms with van der Waals surface area (Å²) in [6.45, 7) is 4.36. The predicted octanol–water partition coefficient (Wildman–Crippen LogP) is 4.09. The van der Waals surface area contributed by atoms with E-state index in [2.05, 4.69) is 5.32 Å². The second-order valence-electron chi connectivity index (χ2n) is 6.00. The highest BCUT2D eigenvalue weighted by molar-refractivity contribution is 6.42. The van der Waals surface area contributed by atoms with Gasteiger partial charge in [-0.25, -0.2) is 0 Å². The zero-order valence-corrected chi connectivity index (χ0v) is 16.3. The summed E-state index contributed by atoms with van der Waals surface area (Å²) < 4.78 is 0. The van der Waals surface area contributed by atoms with Gasteiger partial charge in [-0.2, -0.15) is 0 Å². The van der Waals surface area contributed by atoms with Crippen LogP contribution in [0.25, 0.3) is 0 Å². The fourth-order valence-corrected chi connectivity index (χ4v) is 2.93. The van der Waals surface area contributed by atoms with Gasteiger partial charge in [-0.15, -0.1) is 0 Å². The number of benzene rings is 2. The van der Waals surface area contributed by atoms with Crippen molar-refractivity contribution in [2.75, 3.05) is 6.54 Å². The Balaban J connectivity index is 2.23. The van der Waals surface area contributed by atoms with Crippen molar-refractivity contribution >= 4 is 35.0 Å². The molecule has 1 N–H and O–H groups in total. The lowest BCUT2D eigenvalue weighted by atomic mass is 10.1. The molecule has 0 spiro atoms. The lowest BCUT2D eigenvalue weighted by molar-refractivity contribution is -0.140. The first-order valence-corrected chi connectivity index (χ1v) is 9.23. The number of halogens is 2. The first-order valence-electron chi connectivity index (χ1n) is 8.47. The molecule has 4 nitrogen and oxygen atoms in total. The molecule has 0 saturated heterocycles. The minimum Gasteiger partial charge on any atom is -0.355 e. The van der Waals surface area contributed by atoms with E-state index in [1.165, 1.54) is 0 Å².